The molecule has 0 aliphatic carbocycles. The van der Waals surface area contributed by atoms with Gasteiger partial charge < -0.3 is 15.0 Å². The second kappa shape index (κ2) is 9.25. The zero-order chi connectivity index (χ0) is 17.4. The number of benzene rings is 1. The number of nitriles is 1. The Bertz CT molecular complexity index is 667. The topological polar surface area (TPSA) is 82.4 Å². The van der Waals surface area contributed by atoms with Crippen LogP contribution in [0.25, 0.3) is 0 Å². The molecule has 1 amide bonds. The van der Waals surface area contributed by atoms with Crippen molar-refractivity contribution in [2.24, 2.45) is 0 Å². The van der Waals surface area contributed by atoms with Gasteiger partial charge in [0.2, 0.25) is 0 Å². The van der Waals surface area contributed by atoms with E-state index in [1.807, 2.05) is 6.07 Å². The van der Waals surface area contributed by atoms with Crippen LogP contribution in [-0.2, 0) is 14.3 Å². The Balaban J connectivity index is 1.68. The number of thioether (sulfide) groups is 1. The minimum atomic E-state index is -0.484. The molecule has 0 bridgehead atoms. The van der Waals surface area contributed by atoms with Crippen LogP contribution in [0.3, 0.4) is 0 Å². The summed E-state index contributed by atoms with van der Waals surface area (Å²) in [7, 11) is 0. The Morgan fingerprint density at radius 2 is 2.12 bits per heavy atom. The van der Waals surface area contributed by atoms with E-state index in [1.165, 1.54) is 11.8 Å². The first-order valence-corrected chi connectivity index (χ1v) is 8.85. The molecule has 1 heterocycles. The fraction of sp³-hybridized carbons (Fsp3) is 0.375. The van der Waals surface area contributed by atoms with Gasteiger partial charge in [0.25, 0.3) is 5.91 Å². The number of hydrogen-bond acceptors (Lipinski definition) is 6. The van der Waals surface area contributed by atoms with Crippen LogP contribution >= 0.6 is 24.0 Å². The molecule has 0 atom stereocenters. The molecule has 8 heteroatoms. The Labute approximate surface area is 150 Å². The predicted molar refractivity (Wildman–Crippen MR) is 96.6 cm³/mol. The average Bonchev–Trinajstić information content (AvgIpc) is 3.12. The SMILES string of the molecule is N#Cc1cccc(NC(=O)COC(=O)CSC(=S)N2CCCC2)c1. The van der Waals surface area contributed by atoms with Crippen molar-refractivity contribution in [3.05, 3.63) is 29.8 Å². The third-order valence-electron chi connectivity index (χ3n) is 3.32. The molecule has 0 aromatic heterocycles. The lowest BCUT2D eigenvalue weighted by molar-refractivity contribution is -0.144. The number of nitrogens with zero attached hydrogens (tertiary/aromatic N) is 2. The standard InChI is InChI=1S/C16H17N3O3S2/c17-9-12-4-3-5-13(8-12)18-14(20)10-22-15(21)11-24-16(23)19-6-1-2-7-19/h3-5,8H,1-2,6-7,10-11H2,(H,18,20). The number of hydrogen-bond donors (Lipinski definition) is 1. The van der Waals surface area contributed by atoms with E-state index in [9.17, 15) is 9.59 Å². The number of nitrogens with one attached hydrogen (secondary N) is 1. The monoisotopic (exact) mass is 363 g/mol. The van der Waals surface area contributed by atoms with Gasteiger partial charge in [0.15, 0.2) is 6.61 Å². The third kappa shape index (κ3) is 5.83. The minimum absolute atomic E-state index is 0.0898. The summed E-state index contributed by atoms with van der Waals surface area (Å²) in [5.41, 5.74) is 0.927. The summed E-state index contributed by atoms with van der Waals surface area (Å²) in [6.07, 6.45) is 2.25. The van der Waals surface area contributed by atoms with Gasteiger partial charge in [-0.3, -0.25) is 9.59 Å². The van der Waals surface area contributed by atoms with Crippen LogP contribution in [-0.4, -0.2) is 46.5 Å². The van der Waals surface area contributed by atoms with Crippen molar-refractivity contribution in [3.8, 4) is 6.07 Å². The Hall–Kier alpha value is -2.11. The van der Waals surface area contributed by atoms with E-state index in [0.29, 0.717) is 15.6 Å². The highest BCUT2D eigenvalue weighted by molar-refractivity contribution is 8.23. The van der Waals surface area contributed by atoms with E-state index in [4.69, 9.17) is 22.2 Å². The maximum Gasteiger partial charge on any atom is 0.316 e. The summed E-state index contributed by atoms with van der Waals surface area (Å²) < 4.78 is 5.63. The summed E-state index contributed by atoms with van der Waals surface area (Å²) >= 11 is 6.51. The molecule has 1 aromatic carbocycles. The van der Waals surface area contributed by atoms with Gasteiger partial charge in [0.05, 0.1) is 17.4 Å². The van der Waals surface area contributed by atoms with Crippen molar-refractivity contribution in [1.82, 2.24) is 4.90 Å². The number of anilines is 1. The lowest BCUT2D eigenvalue weighted by Gasteiger charge is -2.17. The van der Waals surface area contributed by atoms with E-state index in [0.717, 1.165) is 25.9 Å². The molecular weight excluding hydrogens is 346 g/mol. The molecule has 0 spiro atoms. The average molecular weight is 363 g/mol. The summed E-state index contributed by atoms with van der Waals surface area (Å²) in [5, 5.41) is 11.4. The van der Waals surface area contributed by atoms with E-state index in [-0.39, 0.29) is 12.4 Å². The molecule has 1 N–H and O–H groups in total. The van der Waals surface area contributed by atoms with Gasteiger partial charge in [-0.25, -0.2) is 0 Å². The molecule has 126 valence electrons. The van der Waals surface area contributed by atoms with Crippen LogP contribution < -0.4 is 5.32 Å². The lowest BCUT2D eigenvalue weighted by Crippen LogP contribution is -2.25. The fourth-order valence-electron chi connectivity index (χ4n) is 2.16. The van der Waals surface area contributed by atoms with Crippen LogP contribution in [0.15, 0.2) is 24.3 Å². The number of esters is 1. The Kier molecular flexibility index (Phi) is 7.03. The molecule has 0 radical (unpaired) electrons. The Morgan fingerprint density at radius 3 is 2.83 bits per heavy atom. The van der Waals surface area contributed by atoms with Crippen LogP contribution in [0.4, 0.5) is 5.69 Å². The fourth-order valence-corrected chi connectivity index (χ4v) is 3.21. The molecule has 0 unspecified atom stereocenters. The van der Waals surface area contributed by atoms with Crippen LogP contribution in [0.5, 0.6) is 0 Å². The van der Waals surface area contributed by atoms with E-state index < -0.39 is 11.9 Å². The highest BCUT2D eigenvalue weighted by Crippen LogP contribution is 2.16. The van der Waals surface area contributed by atoms with Gasteiger partial charge in [-0.2, -0.15) is 5.26 Å². The number of amides is 1. The molecule has 1 aliphatic rings. The van der Waals surface area contributed by atoms with E-state index >= 15 is 0 Å². The second-order valence-electron chi connectivity index (χ2n) is 5.15. The first-order chi connectivity index (χ1) is 11.6. The second-order valence-corrected chi connectivity index (χ2v) is 6.76. The van der Waals surface area contributed by atoms with Crippen molar-refractivity contribution in [2.75, 3.05) is 30.8 Å². The summed E-state index contributed by atoms with van der Waals surface area (Å²) in [5.74, 6) is -0.847. The van der Waals surface area contributed by atoms with Crippen LogP contribution in [0.2, 0.25) is 0 Å². The highest BCUT2D eigenvalue weighted by Gasteiger charge is 2.17. The maximum absolute atomic E-state index is 11.8. The maximum atomic E-state index is 11.8. The van der Waals surface area contributed by atoms with E-state index in [2.05, 4.69) is 10.2 Å². The molecule has 2 rings (SSSR count). The zero-order valence-electron chi connectivity index (χ0n) is 13.0. The number of thiocarbonyl (C=S) groups is 1. The third-order valence-corrected chi connectivity index (χ3v) is 4.81. The van der Waals surface area contributed by atoms with Crippen molar-refractivity contribution < 1.29 is 14.3 Å². The quantitative estimate of drug-likeness (QED) is 0.634. The van der Waals surface area contributed by atoms with Gasteiger partial charge in [-0.05, 0) is 31.0 Å². The summed E-state index contributed by atoms with van der Waals surface area (Å²) in [6.45, 7) is 1.50. The highest BCUT2D eigenvalue weighted by atomic mass is 32.2. The molecule has 1 aliphatic heterocycles. The molecule has 1 aromatic rings. The molecule has 1 fully saturated rings. The molecular formula is C16H17N3O3S2. The normalized spacial score (nSPS) is 13.2. The van der Waals surface area contributed by atoms with Crippen molar-refractivity contribution in [1.29, 1.82) is 5.26 Å². The number of ether oxygens (including phenoxy) is 1. The number of carbonyl (C=O) groups is 2. The van der Waals surface area contributed by atoms with Crippen molar-refractivity contribution in [2.45, 2.75) is 12.8 Å². The summed E-state index contributed by atoms with van der Waals surface area (Å²) in [4.78, 5) is 25.5. The largest absolute Gasteiger partial charge is 0.455 e. The molecule has 6 nitrogen and oxygen atoms in total. The van der Waals surface area contributed by atoms with Gasteiger partial charge >= 0.3 is 5.97 Å². The van der Waals surface area contributed by atoms with Gasteiger partial charge in [0.1, 0.15) is 4.32 Å². The first kappa shape index (κ1) is 18.2. The van der Waals surface area contributed by atoms with Gasteiger partial charge in [0, 0.05) is 18.8 Å². The number of likely N-dealkylation sites (tertiary alicyclic amines) is 1. The number of carbonyl (C=O) groups excluding carboxylic acids is 2. The van der Waals surface area contributed by atoms with Crippen LogP contribution in [0, 0.1) is 11.3 Å². The molecule has 0 saturated carbocycles. The van der Waals surface area contributed by atoms with E-state index in [1.54, 1.807) is 24.3 Å². The molecule has 24 heavy (non-hydrogen) atoms. The van der Waals surface area contributed by atoms with Crippen molar-refractivity contribution >= 4 is 45.9 Å². The predicted octanol–water partition coefficient (Wildman–Crippen LogP) is 2.15. The number of rotatable bonds is 5. The van der Waals surface area contributed by atoms with Crippen molar-refractivity contribution in [3.63, 3.8) is 0 Å². The minimum Gasteiger partial charge on any atom is -0.455 e. The molecule has 1 saturated heterocycles. The summed E-state index contributed by atoms with van der Waals surface area (Å²) in [6, 6.07) is 8.49. The smallest absolute Gasteiger partial charge is 0.316 e. The zero-order valence-corrected chi connectivity index (χ0v) is 14.6. The lowest BCUT2D eigenvalue weighted by atomic mass is 10.2. The Morgan fingerprint density at radius 1 is 1.38 bits per heavy atom. The van der Waals surface area contributed by atoms with Crippen LogP contribution in [0.1, 0.15) is 18.4 Å². The first-order valence-electron chi connectivity index (χ1n) is 7.46. The van der Waals surface area contributed by atoms with Gasteiger partial charge in [-0.1, -0.05) is 30.0 Å². The van der Waals surface area contributed by atoms with Gasteiger partial charge in [-0.15, -0.1) is 0 Å².